The molecule has 1 fully saturated rings. The van der Waals surface area contributed by atoms with Crippen LogP contribution in [0.3, 0.4) is 0 Å². The highest BCUT2D eigenvalue weighted by molar-refractivity contribution is 5.81. The van der Waals surface area contributed by atoms with Crippen molar-refractivity contribution < 1.29 is 4.79 Å². The zero-order valence-corrected chi connectivity index (χ0v) is 11.8. The van der Waals surface area contributed by atoms with Crippen LogP contribution in [0, 0.1) is 5.92 Å². The van der Waals surface area contributed by atoms with Crippen molar-refractivity contribution in [3.63, 3.8) is 0 Å². The highest BCUT2D eigenvalue weighted by Gasteiger charge is 2.26. The van der Waals surface area contributed by atoms with E-state index in [2.05, 4.69) is 17.2 Å². The number of rotatable bonds is 4. The molecule has 2 heterocycles. The third-order valence-corrected chi connectivity index (χ3v) is 3.77. The van der Waals surface area contributed by atoms with E-state index in [4.69, 9.17) is 0 Å². The summed E-state index contributed by atoms with van der Waals surface area (Å²) in [4.78, 5) is 18.4. The second kappa shape index (κ2) is 6.66. The average molecular weight is 261 g/mol. The maximum atomic E-state index is 12.3. The lowest BCUT2D eigenvalue weighted by Crippen LogP contribution is -2.49. The van der Waals surface area contributed by atoms with E-state index in [1.807, 2.05) is 30.1 Å². The number of nitrogens with one attached hydrogen (secondary N) is 1. The number of likely N-dealkylation sites (N-methyl/N-ethyl adjacent to an activating group) is 1. The molecule has 0 saturated carbocycles. The molecule has 2 rings (SSSR count). The van der Waals surface area contributed by atoms with E-state index in [-0.39, 0.29) is 11.9 Å². The first-order valence-corrected chi connectivity index (χ1v) is 7.05. The summed E-state index contributed by atoms with van der Waals surface area (Å²) < 4.78 is 0. The SMILES string of the molecule is CC1CCNC(C(=O)N(C)CCc2ccccn2)C1. The molecule has 0 spiro atoms. The quantitative estimate of drug-likeness (QED) is 0.892. The van der Waals surface area contributed by atoms with Gasteiger partial charge in [0.2, 0.25) is 5.91 Å². The molecule has 19 heavy (non-hydrogen) atoms. The molecular weight excluding hydrogens is 238 g/mol. The summed E-state index contributed by atoms with van der Waals surface area (Å²) >= 11 is 0. The van der Waals surface area contributed by atoms with Crippen LogP contribution in [-0.4, -0.2) is 42.0 Å². The Morgan fingerprint density at radius 1 is 1.53 bits per heavy atom. The summed E-state index contributed by atoms with van der Waals surface area (Å²) in [7, 11) is 1.88. The molecule has 1 aliphatic heterocycles. The van der Waals surface area contributed by atoms with Gasteiger partial charge in [0.1, 0.15) is 0 Å². The third kappa shape index (κ3) is 4.03. The normalized spacial score (nSPS) is 23.1. The second-order valence-corrected chi connectivity index (χ2v) is 5.47. The summed E-state index contributed by atoms with van der Waals surface area (Å²) in [6.45, 7) is 3.89. The molecule has 2 atom stereocenters. The molecular formula is C15H23N3O. The Morgan fingerprint density at radius 2 is 2.37 bits per heavy atom. The fraction of sp³-hybridized carbons (Fsp3) is 0.600. The zero-order valence-electron chi connectivity index (χ0n) is 11.8. The van der Waals surface area contributed by atoms with Crippen molar-refractivity contribution in [2.45, 2.75) is 32.2 Å². The lowest BCUT2D eigenvalue weighted by molar-refractivity contribution is -0.133. The van der Waals surface area contributed by atoms with Gasteiger partial charge in [-0.1, -0.05) is 13.0 Å². The van der Waals surface area contributed by atoms with Crippen LogP contribution in [0.2, 0.25) is 0 Å². The minimum atomic E-state index is -0.00233. The van der Waals surface area contributed by atoms with Gasteiger partial charge < -0.3 is 10.2 Å². The van der Waals surface area contributed by atoms with Gasteiger partial charge in [-0.05, 0) is 37.4 Å². The molecule has 104 valence electrons. The Hall–Kier alpha value is -1.42. The molecule has 4 heteroatoms. The van der Waals surface area contributed by atoms with E-state index in [1.54, 1.807) is 6.20 Å². The largest absolute Gasteiger partial charge is 0.344 e. The van der Waals surface area contributed by atoms with Gasteiger partial charge in [0.25, 0.3) is 0 Å². The number of aromatic nitrogens is 1. The van der Waals surface area contributed by atoms with Gasteiger partial charge in [-0.3, -0.25) is 9.78 Å². The van der Waals surface area contributed by atoms with Crippen LogP contribution in [0.1, 0.15) is 25.5 Å². The van der Waals surface area contributed by atoms with Crippen molar-refractivity contribution in [2.75, 3.05) is 20.1 Å². The van der Waals surface area contributed by atoms with Gasteiger partial charge in [0.15, 0.2) is 0 Å². The Bertz CT molecular complexity index is 407. The van der Waals surface area contributed by atoms with E-state index in [9.17, 15) is 4.79 Å². The number of amides is 1. The van der Waals surface area contributed by atoms with Crippen molar-refractivity contribution in [3.8, 4) is 0 Å². The minimum Gasteiger partial charge on any atom is -0.344 e. The van der Waals surface area contributed by atoms with Gasteiger partial charge in [0.05, 0.1) is 6.04 Å². The molecule has 1 saturated heterocycles. The summed E-state index contributed by atoms with van der Waals surface area (Å²) in [5.41, 5.74) is 1.03. The first kappa shape index (κ1) is 14.0. The average Bonchev–Trinajstić information content (AvgIpc) is 2.45. The van der Waals surface area contributed by atoms with Crippen LogP contribution >= 0.6 is 0 Å². The highest BCUT2D eigenvalue weighted by Crippen LogP contribution is 2.16. The van der Waals surface area contributed by atoms with Crippen molar-refractivity contribution in [2.24, 2.45) is 5.92 Å². The first-order chi connectivity index (χ1) is 9.16. The topological polar surface area (TPSA) is 45.2 Å². The fourth-order valence-corrected chi connectivity index (χ4v) is 2.50. The number of piperidine rings is 1. The number of nitrogens with zero attached hydrogens (tertiary/aromatic N) is 2. The molecule has 1 aliphatic rings. The maximum absolute atomic E-state index is 12.3. The summed E-state index contributed by atoms with van der Waals surface area (Å²) in [5, 5.41) is 3.32. The smallest absolute Gasteiger partial charge is 0.239 e. The molecule has 1 amide bonds. The van der Waals surface area contributed by atoms with E-state index in [0.717, 1.165) is 31.6 Å². The van der Waals surface area contributed by atoms with E-state index in [0.29, 0.717) is 5.92 Å². The summed E-state index contributed by atoms with van der Waals surface area (Å²) in [6, 6.07) is 5.89. The number of pyridine rings is 1. The van der Waals surface area contributed by atoms with Crippen molar-refractivity contribution in [1.82, 2.24) is 15.2 Å². The number of carbonyl (C=O) groups excluding carboxylic acids is 1. The lowest BCUT2D eigenvalue weighted by Gasteiger charge is -2.30. The monoisotopic (exact) mass is 261 g/mol. The Kier molecular flexibility index (Phi) is 4.91. The third-order valence-electron chi connectivity index (χ3n) is 3.77. The van der Waals surface area contributed by atoms with Gasteiger partial charge in [-0.25, -0.2) is 0 Å². The summed E-state index contributed by atoms with van der Waals surface area (Å²) in [6.07, 6.45) is 4.72. The number of hydrogen-bond acceptors (Lipinski definition) is 3. The number of carbonyl (C=O) groups is 1. The van der Waals surface area contributed by atoms with Crippen LogP contribution in [0.15, 0.2) is 24.4 Å². The Balaban J connectivity index is 1.82. The predicted octanol–water partition coefficient (Wildman–Crippen LogP) is 1.47. The van der Waals surface area contributed by atoms with Crippen molar-refractivity contribution in [3.05, 3.63) is 30.1 Å². The molecule has 0 aliphatic carbocycles. The second-order valence-electron chi connectivity index (χ2n) is 5.47. The van der Waals surface area contributed by atoms with E-state index < -0.39 is 0 Å². The van der Waals surface area contributed by atoms with Crippen LogP contribution in [0.4, 0.5) is 0 Å². The van der Waals surface area contributed by atoms with E-state index >= 15 is 0 Å². The Labute approximate surface area is 115 Å². The molecule has 2 unspecified atom stereocenters. The standard InChI is InChI=1S/C15H23N3O/c1-12-6-9-17-14(11-12)15(19)18(2)10-7-13-5-3-4-8-16-13/h3-5,8,12,14,17H,6-7,9-11H2,1-2H3. The molecule has 1 aromatic heterocycles. The molecule has 1 N–H and O–H groups in total. The fourth-order valence-electron chi connectivity index (χ4n) is 2.50. The minimum absolute atomic E-state index is 0.00233. The molecule has 1 aromatic rings. The summed E-state index contributed by atoms with van der Waals surface area (Å²) in [5.74, 6) is 0.849. The highest BCUT2D eigenvalue weighted by atomic mass is 16.2. The van der Waals surface area contributed by atoms with Crippen LogP contribution in [0.25, 0.3) is 0 Å². The van der Waals surface area contributed by atoms with Crippen LogP contribution in [0.5, 0.6) is 0 Å². The van der Waals surface area contributed by atoms with Gasteiger partial charge >= 0.3 is 0 Å². The Morgan fingerprint density at radius 3 is 3.05 bits per heavy atom. The van der Waals surface area contributed by atoms with Gasteiger partial charge in [-0.2, -0.15) is 0 Å². The molecule has 0 aromatic carbocycles. The molecule has 0 bridgehead atoms. The van der Waals surface area contributed by atoms with Crippen LogP contribution in [-0.2, 0) is 11.2 Å². The lowest BCUT2D eigenvalue weighted by atomic mass is 9.93. The van der Waals surface area contributed by atoms with Gasteiger partial charge in [-0.15, -0.1) is 0 Å². The number of hydrogen-bond donors (Lipinski definition) is 1. The molecule has 4 nitrogen and oxygen atoms in total. The van der Waals surface area contributed by atoms with Gasteiger partial charge in [0, 0.05) is 31.9 Å². The van der Waals surface area contributed by atoms with Crippen LogP contribution < -0.4 is 5.32 Å². The first-order valence-electron chi connectivity index (χ1n) is 7.05. The maximum Gasteiger partial charge on any atom is 0.239 e. The zero-order chi connectivity index (χ0) is 13.7. The predicted molar refractivity (Wildman–Crippen MR) is 75.8 cm³/mol. The van der Waals surface area contributed by atoms with Crippen molar-refractivity contribution in [1.29, 1.82) is 0 Å². The van der Waals surface area contributed by atoms with Crippen molar-refractivity contribution >= 4 is 5.91 Å². The molecule has 0 radical (unpaired) electrons. The van der Waals surface area contributed by atoms with E-state index in [1.165, 1.54) is 6.42 Å².